The molecule has 4 aromatic carbocycles. The van der Waals surface area contributed by atoms with Crippen LogP contribution in [0.4, 0.5) is 0 Å². The van der Waals surface area contributed by atoms with Gasteiger partial charge < -0.3 is 4.42 Å². The first-order valence-corrected chi connectivity index (χ1v) is 8.14. The Labute approximate surface area is 143 Å². The van der Waals surface area contributed by atoms with Gasteiger partial charge in [0.05, 0.1) is 5.02 Å². The zero-order valence-corrected chi connectivity index (χ0v) is 13.4. The largest absolute Gasteiger partial charge is 0.435 e. The fourth-order valence-corrected chi connectivity index (χ4v) is 3.42. The van der Waals surface area contributed by atoms with Crippen LogP contribution in [0.25, 0.3) is 44.1 Å². The molecule has 3 heteroatoms. The van der Waals surface area contributed by atoms with Crippen LogP contribution in [-0.4, -0.2) is 4.98 Å². The minimum Gasteiger partial charge on any atom is -0.435 e. The van der Waals surface area contributed by atoms with Crippen molar-refractivity contribution in [3.8, 4) is 11.5 Å². The molecule has 0 saturated heterocycles. The quantitative estimate of drug-likeness (QED) is 0.353. The highest BCUT2D eigenvalue weighted by atomic mass is 35.5. The van der Waals surface area contributed by atoms with Crippen LogP contribution < -0.4 is 0 Å². The molecular formula is C21H12ClNO. The van der Waals surface area contributed by atoms with Crippen LogP contribution in [0.3, 0.4) is 0 Å². The molecule has 0 N–H and O–H groups in total. The van der Waals surface area contributed by atoms with E-state index >= 15 is 0 Å². The van der Waals surface area contributed by atoms with Gasteiger partial charge in [-0.2, -0.15) is 0 Å². The molecule has 5 aromatic rings. The van der Waals surface area contributed by atoms with Crippen LogP contribution in [0.5, 0.6) is 0 Å². The molecule has 0 aliphatic rings. The summed E-state index contributed by atoms with van der Waals surface area (Å²) in [5.41, 5.74) is 2.52. The number of hydrogen-bond donors (Lipinski definition) is 0. The molecule has 0 atom stereocenters. The van der Waals surface area contributed by atoms with E-state index in [1.807, 2.05) is 48.5 Å². The molecule has 1 aromatic heterocycles. The third kappa shape index (κ3) is 2.00. The number of fused-ring (bicyclic) bond motifs is 4. The van der Waals surface area contributed by atoms with Crippen LogP contribution >= 0.6 is 11.6 Å². The molecule has 0 fully saturated rings. The number of benzene rings is 4. The highest BCUT2D eigenvalue weighted by molar-refractivity contribution is 6.37. The number of aromatic nitrogens is 1. The fraction of sp³-hybridized carbons (Fsp3) is 0. The van der Waals surface area contributed by atoms with Crippen molar-refractivity contribution in [2.24, 2.45) is 0 Å². The fourth-order valence-electron chi connectivity index (χ4n) is 3.16. The van der Waals surface area contributed by atoms with E-state index < -0.39 is 0 Å². The van der Waals surface area contributed by atoms with Crippen molar-refractivity contribution in [2.45, 2.75) is 0 Å². The van der Waals surface area contributed by atoms with Crippen molar-refractivity contribution in [2.75, 3.05) is 0 Å². The summed E-state index contributed by atoms with van der Waals surface area (Å²) < 4.78 is 6.10. The number of hydrogen-bond acceptors (Lipinski definition) is 2. The molecule has 1 heterocycles. The van der Waals surface area contributed by atoms with E-state index in [0.29, 0.717) is 10.9 Å². The summed E-state index contributed by atoms with van der Waals surface area (Å²) in [6, 6.07) is 24.3. The zero-order chi connectivity index (χ0) is 16.1. The van der Waals surface area contributed by atoms with Crippen molar-refractivity contribution >= 4 is 44.2 Å². The number of oxazole rings is 1. The average molecular weight is 330 g/mol. The van der Waals surface area contributed by atoms with Gasteiger partial charge in [-0.1, -0.05) is 66.2 Å². The molecule has 5 rings (SSSR count). The molecule has 0 spiro atoms. The molecule has 2 nitrogen and oxygen atoms in total. The molecule has 0 unspecified atom stereocenters. The van der Waals surface area contributed by atoms with Crippen molar-refractivity contribution < 1.29 is 4.42 Å². The maximum Gasteiger partial charge on any atom is 0.227 e. The first kappa shape index (κ1) is 13.6. The minimum atomic E-state index is 0.614. The number of rotatable bonds is 1. The Morgan fingerprint density at radius 1 is 0.750 bits per heavy atom. The van der Waals surface area contributed by atoms with Gasteiger partial charge in [0.1, 0.15) is 5.52 Å². The van der Waals surface area contributed by atoms with E-state index in [9.17, 15) is 0 Å². The normalized spacial score (nSPS) is 11.5. The zero-order valence-electron chi connectivity index (χ0n) is 12.7. The van der Waals surface area contributed by atoms with Gasteiger partial charge in [-0.15, -0.1) is 0 Å². The molecule has 24 heavy (non-hydrogen) atoms. The van der Waals surface area contributed by atoms with E-state index in [2.05, 4.69) is 29.2 Å². The van der Waals surface area contributed by atoms with Crippen molar-refractivity contribution in [1.29, 1.82) is 0 Å². The Kier molecular flexibility index (Phi) is 2.88. The lowest BCUT2D eigenvalue weighted by Gasteiger charge is -2.00. The summed E-state index contributed by atoms with van der Waals surface area (Å²) in [5.74, 6) is 0.614. The summed E-state index contributed by atoms with van der Waals surface area (Å²) in [5, 5.41) is 5.02. The van der Waals surface area contributed by atoms with Crippen molar-refractivity contribution in [3.05, 3.63) is 77.8 Å². The minimum absolute atomic E-state index is 0.614. The van der Waals surface area contributed by atoms with Crippen LogP contribution in [0.1, 0.15) is 0 Å². The highest BCUT2D eigenvalue weighted by Gasteiger charge is 2.13. The van der Waals surface area contributed by atoms with Gasteiger partial charge in [-0.25, -0.2) is 4.98 Å². The highest BCUT2D eigenvalue weighted by Crippen LogP contribution is 2.34. The van der Waals surface area contributed by atoms with Crippen LogP contribution in [-0.2, 0) is 0 Å². The standard InChI is InChI=1S/C21H12ClNO/c22-18-12-19-20(17-8-4-3-7-16(17)18)24-21(23-19)15-10-9-13-5-1-2-6-14(13)11-15/h1-12H. The average Bonchev–Trinajstić information content (AvgIpc) is 3.06. The number of halogens is 1. The van der Waals surface area contributed by atoms with Gasteiger partial charge in [0.25, 0.3) is 0 Å². The van der Waals surface area contributed by atoms with Crippen LogP contribution in [0.15, 0.2) is 77.2 Å². The molecule has 0 aliphatic carbocycles. The Bertz CT molecular complexity index is 1220. The first-order valence-electron chi connectivity index (χ1n) is 7.76. The molecule has 0 bridgehead atoms. The summed E-state index contributed by atoms with van der Waals surface area (Å²) >= 11 is 6.39. The lowest BCUT2D eigenvalue weighted by atomic mass is 10.1. The predicted molar refractivity (Wildman–Crippen MR) is 99.5 cm³/mol. The Morgan fingerprint density at radius 3 is 2.38 bits per heavy atom. The van der Waals surface area contributed by atoms with E-state index in [-0.39, 0.29) is 0 Å². The smallest absolute Gasteiger partial charge is 0.227 e. The molecule has 0 saturated carbocycles. The van der Waals surface area contributed by atoms with Gasteiger partial charge >= 0.3 is 0 Å². The maximum absolute atomic E-state index is 6.39. The Morgan fingerprint density at radius 2 is 1.50 bits per heavy atom. The van der Waals surface area contributed by atoms with Crippen LogP contribution in [0.2, 0.25) is 5.02 Å². The topological polar surface area (TPSA) is 26.0 Å². The summed E-state index contributed by atoms with van der Waals surface area (Å²) in [6.45, 7) is 0. The Hall–Kier alpha value is -2.84. The van der Waals surface area contributed by atoms with Crippen molar-refractivity contribution in [1.82, 2.24) is 4.98 Å². The van der Waals surface area contributed by atoms with Gasteiger partial charge in [0.15, 0.2) is 5.58 Å². The second-order valence-corrected chi connectivity index (χ2v) is 6.24. The first-order chi connectivity index (χ1) is 11.8. The van der Waals surface area contributed by atoms with Gasteiger partial charge in [-0.3, -0.25) is 0 Å². The number of nitrogens with zero attached hydrogens (tertiary/aromatic N) is 1. The second-order valence-electron chi connectivity index (χ2n) is 5.83. The SMILES string of the molecule is Clc1cc2nc(-c3ccc4ccccc4c3)oc2c2ccccc12. The third-order valence-corrected chi connectivity index (χ3v) is 4.65. The molecule has 0 amide bonds. The van der Waals surface area contributed by atoms with E-state index in [1.165, 1.54) is 10.8 Å². The van der Waals surface area contributed by atoms with Gasteiger partial charge in [0, 0.05) is 16.3 Å². The van der Waals surface area contributed by atoms with E-state index in [1.54, 1.807) is 0 Å². The lowest BCUT2D eigenvalue weighted by molar-refractivity contribution is 0.623. The lowest BCUT2D eigenvalue weighted by Crippen LogP contribution is -1.78. The summed E-state index contributed by atoms with van der Waals surface area (Å²) in [4.78, 5) is 4.65. The summed E-state index contributed by atoms with van der Waals surface area (Å²) in [6.07, 6.45) is 0. The third-order valence-electron chi connectivity index (χ3n) is 4.34. The monoisotopic (exact) mass is 329 g/mol. The van der Waals surface area contributed by atoms with Gasteiger partial charge in [0.2, 0.25) is 5.89 Å². The molecular weight excluding hydrogens is 318 g/mol. The van der Waals surface area contributed by atoms with E-state index in [0.717, 1.165) is 27.4 Å². The molecule has 114 valence electrons. The van der Waals surface area contributed by atoms with E-state index in [4.69, 9.17) is 16.0 Å². The summed E-state index contributed by atoms with van der Waals surface area (Å²) in [7, 11) is 0. The van der Waals surface area contributed by atoms with Crippen molar-refractivity contribution in [3.63, 3.8) is 0 Å². The van der Waals surface area contributed by atoms with Gasteiger partial charge in [-0.05, 0) is 29.0 Å². The Balaban J connectivity index is 1.78. The molecule has 0 radical (unpaired) electrons. The molecule has 0 aliphatic heterocycles. The predicted octanol–water partition coefficient (Wildman–Crippen LogP) is 6.45. The maximum atomic E-state index is 6.39. The second kappa shape index (κ2) is 5.08. The van der Waals surface area contributed by atoms with Crippen LogP contribution in [0, 0.1) is 0 Å².